The molecule has 2 aromatic rings. The summed E-state index contributed by atoms with van der Waals surface area (Å²) in [6, 6.07) is 8.17. The standard InChI is InChI=1S/C17H14ClF3O2/c1-2-3-11-8-13(5-4-12(11)10-22)23-14-6-7-16(18)15(9-14)17(19,20)21/h4-10H,2-3H2,1H3. The van der Waals surface area contributed by atoms with E-state index < -0.39 is 11.7 Å². The molecule has 0 bridgehead atoms. The summed E-state index contributed by atoms with van der Waals surface area (Å²) in [5, 5.41) is -0.382. The molecule has 2 rings (SSSR count). The molecule has 0 saturated heterocycles. The van der Waals surface area contributed by atoms with Crippen molar-refractivity contribution in [3.63, 3.8) is 0 Å². The number of aryl methyl sites for hydroxylation is 1. The van der Waals surface area contributed by atoms with Crippen molar-refractivity contribution in [2.24, 2.45) is 0 Å². The third kappa shape index (κ3) is 4.26. The Bertz CT molecular complexity index is 711. The largest absolute Gasteiger partial charge is 0.457 e. The summed E-state index contributed by atoms with van der Waals surface area (Å²) in [4.78, 5) is 11.0. The summed E-state index contributed by atoms with van der Waals surface area (Å²) in [5.74, 6) is 0.400. The van der Waals surface area contributed by atoms with E-state index in [0.717, 1.165) is 30.4 Å². The first-order chi connectivity index (χ1) is 10.8. The van der Waals surface area contributed by atoms with Crippen molar-refractivity contribution in [1.29, 1.82) is 0 Å². The average molecular weight is 343 g/mol. The Kier molecular flexibility index (Phi) is 5.31. The Morgan fingerprint density at radius 2 is 1.78 bits per heavy atom. The third-order valence-corrected chi connectivity index (χ3v) is 3.57. The van der Waals surface area contributed by atoms with Crippen LogP contribution in [0.3, 0.4) is 0 Å². The minimum absolute atomic E-state index is 0.0306. The number of hydrogen-bond acceptors (Lipinski definition) is 2. The lowest BCUT2D eigenvalue weighted by Gasteiger charge is -2.13. The minimum atomic E-state index is -4.55. The molecule has 0 saturated carbocycles. The van der Waals surface area contributed by atoms with Gasteiger partial charge >= 0.3 is 6.18 Å². The van der Waals surface area contributed by atoms with Crippen LogP contribution < -0.4 is 4.74 Å². The van der Waals surface area contributed by atoms with Crippen LogP contribution in [0.25, 0.3) is 0 Å². The first-order valence-corrected chi connectivity index (χ1v) is 7.35. The highest BCUT2D eigenvalue weighted by atomic mass is 35.5. The summed E-state index contributed by atoms with van der Waals surface area (Å²) in [6.07, 6.45) is -2.28. The van der Waals surface area contributed by atoms with Crippen LogP contribution >= 0.6 is 11.6 Å². The number of benzene rings is 2. The van der Waals surface area contributed by atoms with Crippen molar-refractivity contribution >= 4 is 17.9 Å². The molecule has 0 aliphatic heterocycles. The van der Waals surface area contributed by atoms with E-state index in [1.165, 1.54) is 6.07 Å². The number of aldehydes is 1. The van der Waals surface area contributed by atoms with Crippen molar-refractivity contribution in [3.8, 4) is 11.5 Å². The first kappa shape index (κ1) is 17.3. The maximum absolute atomic E-state index is 12.9. The van der Waals surface area contributed by atoms with Crippen LogP contribution in [0.1, 0.15) is 34.8 Å². The zero-order chi connectivity index (χ0) is 17.0. The Morgan fingerprint density at radius 3 is 2.39 bits per heavy atom. The lowest BCUT2D eigenvalue weighted by molar-refractivity contribution is -0.137. The molecule has 0 amide bonds. The SMILES string of the molecule is CCCc1cc(Oc2ccc(Cl)c(C(F)(F)F)c2)ccc1C=O. The number of alkyl halides is 3. The lowest BCUT2D eigenvalue weighted by atomic mass is 10.0. The fraction of sp³-hybridized carbons (Fsp3) is 0.235. The number of halogens is 4. The van der Waals surface area contributed by atoms with Gasteiger partial charge in [0.2, 0.25) is 0 Å². The topological polar surface area (TPSA) is 26.3 Å². The van der Waals surface area contributed by atoms with E-state index in [4.69, 9.17) is 16.3 Å². The van der Waals surface area contributed by atoms with E-state index in [2.05, 4.69) is 0 Å². The Labute approximate surface area is 136 Å². The van der Waals surface area contributed by atoms with Gasteiger partial charge in [-0.1, -0.05) is 24.9 Å². The normalized spacial score (nSPS) is 11.3. The van der Waals surface area contributed by atoms with Crippen molar-refractivity contribution in [1.82, 2.24) is 0 Å². The molecule has 0 unspecified atom stereocenters. The highest BCUT2D eigenvalue weighted by Gasteiger charge is 2.33. The van der Waals surface area contributed by atoms with Crippen molar-refractivity contribution < 1.29 is 22.7 Å². The molecule has 0 heterocycles. The molecule has 0 fully saturated rings. The fourth-order valence-corrected chi connectivity index (χ4v) is 2.39. The quantitative estimate of drug-likeness (QED) is 0.631. The van der Waals surface area contributed by atoms with Crippen LogP contribution in [0.2, 0.25) is 5.02 Å². The first-order valence-electron chi connectivity index (χ1n) is 6.98. The summed E-state index contributed by atoms with van der Waals surface area (Å²) in [6.45, 7) is 1.97. The van der Waals surface area contributed by atoms with Crippen LogP contribution in [0.5, 0.6) is 11.5 Å². The molecule has 0 aliphatic carbocycles. The third-order valence-electron chi connectivity index (χ3n) is 3.24. The summed E-state index contributed by atoms with van der Waals surface area (Å²) >= 11 is 5.58. The number of ether oxygens (including phenoxy) is 1. The highest BCUT2D eigenvalue weighted by Crippen LogP contribution is 2.37. The Hall–Kier alpha value is -2.01. The summed E-state index contributed by atoms with van der Waals surface area (Å²) in [7, 11) is 0. The van der Waals surface area contributed by atoms with Gasteiger partial charge in [-0.25, -0.2) is 0 Å². The molecule has 6 heteroatoms. The lowest BCUT2D eigenvalue weighted by Crippen LogP contribution is -2.06. The highest BCUT2D eigenvalue weighted by molar-refractivity contribution is 6.31. The van der Waals surface area contributed by atoms with E-state index in [1.54, 1.807) is 18.2 Å². The minimum Gasteiger partial charge on any atom is -0.457 e. The van der Waals surface area contributed by atoms with Crippen molar-refractivity contribution in [2.75, 3.05) is 0 Å². The molecule has 0 N–H and O–H groups in total. The van der Waals surface area contributed by atoms with Crippen molar-refractivity contribution in [3.05, 3.63) is 58.1 Å². The van der Waals surface area contributed by atoms with Gasteiger partial charge in [0.05, 0.1) is 10.6 Å². The molecule has 0 radical (unpaired) electrons. The van der Waals surface area contributed by atoms with E-state index in [0.29, 0.717) is 17.7 Å². The van der Waals surface area contributed by atoms with Gasteiger partial charge < -0.3 is 4.74 Å². The Morgan fingerprint density at radius 1 is 1.13 bits per heavy atom. The molecule has 0 atom stereocenters. The van der Waals surface area contributed by atoms with Gasteiger partial charge in [-0.15, -0.1) is 0 Å². The van der Waals surface area contributed by atoms with Gasteiger partial charge in [-0.05, 0) is 48.4 Å². The molecule has 2 nitrogen and oxygen atoms in total. The zero-order valence-electron chi connectivity index (χ0n) is 12.3. The van der Waals surface area contributed by atoms with E-state index >= 15 is 0 Å². The van der Waals surface area contributed by atoms with Crippen LogP contribution in [0.15, 0.2) is 36.4 Å². The predicted molar refractivity (Wildman–Crippen MR) is 82.4 cm³/mol. The monoisotopic (exact) mass is 342 g/mol. The van der Waals surface area contributed by atoms with Crippen LogP contribution in [0, 0.1) is 0 Å². The van der Waals surface area contributed by atoms with Gasteiger partial charge in [-0.2, -0.15) is 13.2 Å². The Balaban J connectivity index is 2.32. The second-order valence-corrected chi connectivity index (χ2v) is 5.38. The van der Waals surface area contributed by atoms with E-state index in [-0.39, 0.29) is 10.8 Å². The molecular formula is C17H14ClF3O2. The van der Waals surface area contributed by atoms with Crippen molar-refractivity contribution in [2.45, 2.75) is 25.9 Å². The smallest absolute Gasteiger partial charge is 0.417 e. The van der Waals surface area contributed by atoms with Gasteiger partial charge in [-0.3, -0.25) is 4.79 Å². The second-order valence-electron chi connectivity index (χ2n) is 4.97. The number of rotatable bonds is 5. The van der Waals surface area contributed by atoms with Gasteiger partial charge in [0.1, 0.15) is 17.8 Å². The van der Waals surface area contributed by atoms with Crippen LogP contribution in [0.4, 0.5) is 13.2 Å². The van der Waals surface area contributed by atoms with Gasteiger partial charge in [0, 0.05) is 5.56 Å². The van der Waals surface area contributed by atoms with E-state index in [1.807, 2.05) is 6.92 Å². The maximum atomic E-state index is 12.9. The number of carbonyl (C=O) groups excluding carboxylic acids is 1. The molecule has 2 aromatic carbocycles. The molecule has 0 spiro atoms. The molecule has 23 heavy (non-hydrogen) atoms. The second kappa shape index (κ2) is 7.04. The molecule has 122 valence electrons. The summed E-state index contributed by atoms with van der Waals surface area (Å²) in [5.41, 5.74) is 0.395. The number of carbonyl (C=O) groups is 1. The predicted octanol–water partition coefficient (Wildman–Crippen LogP) is 5.92. The van der Waals surface area contributed by atoms with Crippen LogP contribution in [-0.4, -0.2) is 6.29 Å². The maximum Gasteiger partial charge on any atom is 0.417 e. The number of hydrogen-bond donors (Lipinski definition) is 0. The molecule has 0 aromatic heterocycles. The fourth-order valence-electron chi connectivity index (χ4n) is 2.17. The van der Waals surface area contributed by atoms with Gasteiger partial charge in [0.15, 0.2) is 0 Å². The zero-order valence-corrected chi connectivity index (χ0v) is 13.0. The van der Waals surface area contributed by atoms with E-state index in [9.17, 15) is 18.0 Å². The average Bonchev–Trinajstić information content (AvgIpc) is 2.49. The molecular weight excluding hydrogens is 329 g/mol. The molecule has 0 aliphatic rings. The summed E-state index contributed by atoms with van der Waals surface area (Å²) < 4.78 is 44.0. The van der Waals surface area contributed by atoms with Gasteiger partial charge in [0.25, 0.3) is 0 Å². The van der Waals surface area contributed by atoms with Crippen LogP contribution in [-0.2, 0) is 12.6 Å².